The predicted molar refractivity (Wildman–Crippen MR) is 80.0 cm³/mol. The first-order valence-corrected chi connectivity index (χ1v) is 6.52. The highest BCUT2D eigenvalue weighted by molar-refractivity contribution is 5.82. The van der Waals surface area contributed by atoms with Crippen molar-refractivity contribution in [3.8, 4) is 17.6 Å². The van der Waals surface area contributed by atoms with Gasteiger partial charge in [0.25, 0.3) is 0 Å². The highest BCUT2D eigenvalue weighted by Crippen LogP contribution is 2.16. The fourth-order valence-corrected chi connectivity index (χ4v) is 1.87. The fourth-order valence-electron chi connectivity index (χ4n) is 1.87. The van der Waals surface area contributed by atoms with Crippen LogP contribution in [0, 0.1) is 17.7 Å². The molecule has 0 aliphatic rings. The Morgan fingerprint density at radius 3 is 3.00 bits per heavy atom. The van der Waals surface area contributed by atoms with E-state index in [2.05, 4.69) is 37.1 Å². The van der Waals surface area contributed by atoms with Gasteiger partial charge in [0.15, 0.2) is 28.9 Å². The van der Waals surface area contributed by atoms with Gasteiger partial charge in [-0.2, -0.15) is 0 Å². The third-order valence-electron chi connectivity index (χ3n) is 2.87. The summed E-state index contributed by atoms with van der Waals surface area (Å²) in [5.74, 6) is 6.44. The molecule has 0 atom stereocenters. The van der Waals surface area contributed by atoms with E-state index >= 15 is 0 Å². The number of para-hydroxylation sites is 1. The molecule has 0 fully saturated rings. The molecule has 2 aromatic heterocycles. The molecule has 1 aromatic carbocycles. The maximum Gasteiger partial charge on any atom is 0.185 e. The standard InChI is InChI=1S/C15H12FN5O/c1-17-14-13-15(19-9-18-14)21-12(20-13)7-4-8-22-11-6-3-2-5-10(11)16/h2-3,5-6,9H,8H2,1H3,(H2,17,18,19,20,21). The maximum absolute atomic E-state index is 13.3. The Kier molecular flexibility index (Phi) is 3.83. The molecule has 0 bridgehead atoms. The van der Waals surface area contributed by atoms with Crippen LogP contribution in [0.15, 0.2) is 30.6 Å². The molecule has 0 saturated carbocycles. The zero-order valence-corrected chi connectivity index (χ0v) is 11.7. The molecular formula is C15H12FN5O. The van der Waals surface area contributed by atoms with Gasteiger partial charge in [-0.15, -0.1) is 0 Å². The van der Waals surface area contributed by atoms with E-state index in [1.54, 1.807) is 25.2 Å². The summed E-state index contributed by atoms with van der Waals surface area (Å²) in [4.78, 5) is 15.4. The zero-order valence-electron chi connectivity index (χ0n) is 11.7. The molecule has 3 rings (SSSR count). The number of aromatic nitrogens is 4. The van der Waals surface area contributed by atoms with Crippen LogP contribution in [0.5, 0.6) is 5.75 Å². The van der Waals surface area contributed by atoms with Crippen molar-refractivity contribution in [3.05, 3.63) is 42.2 Å². The van der Waals surface area contributed by atoms with Crippen molar-refractivity contribution >= 4 is 17.0 Å². The van der Waals surface area contributed by atoms with Crippen molar-refractivity contribution in [2.75, 3.05) is 19.0 Å². The van der Waals surface area contributed by atoms with Crippen LogP contribution in [0.25, 0.3) is 11.2 Å². The number of hydrogen-bond acceptors (Lipinski definition) is 5. The van der Waals surface area contributed by atoms with Crippen LogP contribution < -0.4 is 10.1 Å². The molecule has 22 heavy (non-hydrogen) atoms. The van der Waals surface area contributed by atoms with Crippen LogP contribution >= 0.6 is 0 Å². The number of benzene rings is 1. The van der Waals surface area contributed by atoms with Gasteiger partial charge in [0, 0.05) is 7.05 Å². The lowest BCUT2D eigenvalue weighted by atomic mass is 10.3. The highest BCUT2D eigenvalue weighted by Gasteiger charge is 2.06. The fraction of sp³-hybridized carbons (Fsp3) is 0.133. The molecule has 0 aliphatic carbocycles. The van der Waals surface area contributed by atoms with Gasteiger partial charge >= 0.3 is 0 Å². The monoisotopic (exact) mass is 297 g/mol. The van der Waals surface area contributed by atoms with Gasteiger partial charge in [0.05, 0.1) is 0 Å². The van der Waals surface area contributed by atoms with Gasteiger partial charge in [-0.25, -0.2) is 19.3 Å². The van der Waals surface area contributed by atoms with Gasteiger partial charge in [0.2, 0.25) is 0 Å². The average Bonchev–Trinajstić information content (AvgIpc) is 2.96. The summed E-state index contributed by atoms with van der Waals surface area (Å²) >= 11 is 0. The van der Waals surface area contributed by atoms with Gasteiger partial charge < -0.3 is 15.0 Å². The van der Waals surface area contributed by atoms with Crippen molar-refractivity contribution in [2.24, 2.45) is 0 Å². The van der Waals surface area contributed by atoms with Crippen LogP contribution in [0.1, 0.15) is 5.82 Å². The minimum atomic E-state index is -0.415. The molecule has 6 nitrogen and oxygen atoms in total. The number of H-pyrrole nitrogens is 1. The van der Waals surface area contributed by atoms with E-state index in [0.29, 0.717) is 22.8 Å². The Labute approximate surface area is 125 Å². The number of imidazole rings is 1. The topological polar surface area (TPSA) is 75.7 Å². The second kappa shape index (κ2) is 6.10. The van der Waals surface area contributed by atoms with Gasteiger partial charge in [0.1, 0.15) is 18.5 Å². The van der Waals surface area contributed by atoms with Crippen molar-refractivity contribution in [1.82, 2.24) is 19.9 Å². The smallest absolute Gasteiger partial charge is 0.185 e. The van der Waals surface area contributed by atoms with Crippen molar-refractivity contribution in [2.45, 2.75) is 0 Å². The lowest BCUT2D eigenvalue weighted by Crippen LogP contribution is -1.96. The lowest BCUT2D eigenvalue weighted by Gasteiger charge is -2.01. The summed E-state index contributed by atoms with van der Waals surface area (Å²) in [5.41, 5.74) is 1.21. The van der Waals surface area contributed by atoms with Crippen molar-refractivity contribution < 1.29 is 9.13 Å². The first-order chi connectivity index (χ1) is 10.8. The number of fused-ring (bicyclic) bond motifs is 1. The third kappa shape index (κ3) is 2.81. The molecule has 2 heterocycles. The Balaban J connectivity index is 1.73. The summed E-state index contributed by atoms with van der Waals surface area (Å²) in [7, 11) is 1.76. The third-order valence-corrected chi connectivity index (χ3v) is 2.87. The molecule has 0 aliphatic heterocycles. The molecule has 0 amide bonds. The zero-order chi connectivity index (χ0) is 15.4. The number of hydrogen-bond donors (Lipinski definition) is 2. The summed E-state index contributed by atoms with van der Waals surface area (Å²) in [6.07, 6.45) is 1.42. The van der Waals surface area contributed by atoms with Crippen LogP contribution in [-0.4, -0.2) is 33.6 Å². The highest BCUT2D eigenvalue weighted by atomic mass is 19.1. The van der Waals surface area contributed by atoms with Gasteiger partial charge in [-0.3, -0.25) is 0 Å². The Bertz CT molecular complexity index is 865. The van der Waals surface area contributed by atoms with Gasteiger partial charge in [-0.05, 0) is 18.1 Å². The van der Waals surface area contributed by atoms with Crippen molar-refractivity contribution in [3.63, 3.8) is 0 Å². The largest absolute Gasteiger partial charge is 0.478 e. The molecule has 0 saturated heterocycles. The van der Waals surface area contributed by atoms with Crippen molar-refractivity contribution in [1.29, 1.82) is 0 Å². The lowest BCUT2D eigenvalue weighted by molar-refractivity contribution is 0.348. The summed E-state index contributed by atoms with van der Waals surface area (Å²) < 4.78 is 18.6. The van der Waals surface area contributed by atoms with E-state index in [4.69, 9.17) is 4.74 Å². The van der Waals surface area contributed by atoms with Gasteiger partial charge in [-0.1, -0.05) is 18.1 Å². The normalized spacial score (nSPS) is 10.1. The average molecular weight is 297 g/mol. The SMILES string of the molecule is CNc1ncnc2nc(C#CCOc3ccccc3F)[nH]c12. The maximum atomic E-state index is 13.3. The number of ether oxygens (including phenoxy) is 1. The van der Waals surface area contributed by atoms with E-state index in [9.17, 15) is 4.39 Å². The second-order valence-electron chi connectivity index (χ2n) is 4.28. The molecule has 7 heteroatoms. The van der Waals surface area contributed by atoms with Crippen LogP contribution in [-0.2, 0) is 0 Å². The Morgan fingerprint density at radius 1 is 1.32 bits per heavy atom. The quantitative estimate of drug-likeness (QED) is 0.723. The summed E-state index contributed by atoms with van der Waals surface area (Å²) in [6.45, 7) is 0.0581. The number of nitrogens with one attached hydrogen (secondary N) is 2. The van der Waals surface area contributed by atoms with E-state index in [1.165, 1.54) is 12.4 Å². The molecular weight excluding hydrogens is 285 g/mol. The first-order valence-electron chi connectivity index (χ1n) is 6.52. The Morgan fingerprint density at radius 2 is 2.18 bits per heavy atom. The second-order valence-corrected chi connectivity index (χ2v) is 4.28. The number of nitrogens with zero attached hydrogens (tertiary/aromatic N) is 3. The summed E-state index contributed by atoms with van der Waals surface area (Å²) in [5, 5.41) is 2.94. The van der Waals surface area contributed by atoms with E-state index in [0.717, 1.165) is 0 Å². The minimum Gasteiger partial charge on any atom is -0.478 e. The molecule has 110 valence electrons. The number of anilines is 1. The molecule has 0 spiro atoms. The number of halogens is 1. The minimum absolute atomic E-state index is 0.0581. The van der Waals surface area contributed by atoms with Crippen LogP contribution in [0.3, 0.4) is 0 Å². The van der Waals surface area contributed by atoms with E-state index < -0.39 is 5.82 Å². The summed E-state index contributed by atoms with van der Waals surface area (Å²) in [6, 6.07) is 6.18. The first kappa shape index (κ1) is 13.8. The van der Waals surface area contributed by atoms with Crippen LogP contribution in [0.4, 0.5) is 10.2 Å². The molecule has 3 aromatic rings. The predicted octanol–water partition coefficient (Wildman–Crippen LogP) is 1.96. The number of aromatic amines is 1. The Hall–Kier alpha value is -3.14. The molecule has 0 unspecified atom stereocenters. The van der Waals surface area contributed by atoms with E-state index in [-0.39, 0.29) is 12.4 Å². The molecule has 2 N–H and O–H groups in total. The molecule has 0 radical (unpaired) electrons. The van der Waals surface area contributed by atoms with E-state index in [1.807, 2.05) is 0 Å². The van der Waals surface area contributed by atoms with Crippen LogP contribution in [0.2, 0.25) is 0 Å². The number of rotatable bonds is 3.